The summed E-state index contributed by atoms with van der Waals surface area (Å²) in [7, 11) is 1.60. The van der Waals surface area contributed by atoms with Crippen molar-refractivity contribution in [1.29, 1.82) is 0 Å². The fraction of sp³-hybridized carbons (Fsp3) is 0.615. The predicted octanol–water partition coefficient (Wildman–Crippen LogP) is 1.19. The lowest BCUT2D eigenvalue weighted by Crippen LogP contribution is -2.39. The molecule has 0 aliphatic rings. The lowest BCUT2D eigenvalue weighted by Gasteiger charge is -2.15. The van der Waals surface area contributed by atoms with Gasteiger partial charge in [0.05, 0.1) is 6.61 Å². The Balaban J connectivity index is 2.67. The summed E-state index contributed by atoms with van der Waals surface area (Å²) in [5, 5.41) is 9.67. The number of hydrogen-bond donors (Lipinski definition) is 3. The molecule has 8 heteroatoms. The van der Waals surface area contributed by atoms with Crippen molar-refractivity contribution < 1.29 is 9.53 Å². The second kappa shape index (κ2) is 9.41. The van der Waals surface area contributed by atoms with E-state index in [4.69, 9.17) is 4.74 Å². The van der Waals surface area contributed by atoms with Gasteiger partial charge >= 0.3 is 0 Å². The Morgan fingerprint density at radius 2 is 2.14 bits per heavy atom. The van der Waals surface area contributed by atoms with Crippen molar-refractivity contribution in [2.24, 2.45) is 0 Å². The zero-order valence-corrected chi connectivity index (χ0v) is 13.7. The quantitative estimate of drug-likeness (QED) is 0.358. The third kappa shape index (κ3) is 6.17. The zero-order chi connectivity index (χ0) is 15.7. The van der Waals surface area contributed by atoms with Crippen molar-refractivity contribution in [2.45, 2.75) is 25.0 Å². The molecule has 0 spiro atoms. The molecule has 21 heavy (non-hydrogen) atoms. The summed E-state index contributed by atoms with van der Waals surface area (Å²) in [5.41, 5.74) is 0. The Bertz CT molecular complexity index is 458. The van der Waals surface area contributed by atoms with Gasteiger partial charge in [-0.3, -0.25) is 4.79 Å². The van der Waals surface area contributed by atoms with Crippen molar-refractivity contribution in [1.82, 2.24) is 15.3 Å². The lowest BCUT2D eigenvalue weighted by molar-refractivity contribution is -0.121. The first-order valence-electron chi connectivity index (χ1n) is 6.80. The fourth-order valence-corrected chi connectivity index (χ4v) is 1.96. The number of methoxy groups -OCH3 is 1. The zero-order valence-electron chi connectivity index (χ0n) is 12.9. The van der Waals surface area contributed by atoms with Gasteiger partial charge in [-0.05, 0) is 20.1 Å². The minimum Gasteiger partial charge on any atom is -0.383 e. The van der Waals surface area contributed by atoms with Gasteiger partial charge in [0.25, 0.3) is 0 Å². The fourth-order valence-electron chi connectivity index (χ4n) is 1.58. The summed E-state index contributed by atoms with van der Waals surface area (Å²) in [4.78, 5) is 20.6. The number of aromatic nitrogens is 2. The molecule has 3 N–H and O–H groups in total. The summed E-state index contributed by atoms with van der Waals surface area (Å²) in [6.07, 6.45) is 1.91. The minimum absolute atomic E-state index is 0.0960. The Kier molecular flexibility index (Phi) is 7.84. The highest BCUT2D eigenvalue weighted by Crippen LogP contribution is 2.17. The molecule has 0 bridgehead atoms. The maximum Gasteiger partial charge on any atom is 0.242 e. The van der Waals surface area contributed by atoms with Crippen LogP contribution < -0.4 is 16.0 Å². The van der Waals surface area contributed by atoms with E-state index in [-0.39, 0.29) is 11.9 Å². The molecule has 1 aromatic heterocycles. The third-order valence-corrected chi connectivity index (χ3v) is 3.16. The van der Waals surface area contributed by atoms with Gasteiger partial charge in [0.2, 0.25) is 5.91 Å². The van der Waals surface area contributed by atoms with Crippen LogP contribution in [0, 0.1) is 0 Å². The van der Waals surface area contributed by atoms with Crippen molar-refractivity contribution in [2.75, 3.05) is 43.7 Å². The van der Waals surface area contributed by atoms with E-state index < -0.39 is 0 Å². The van der Waals surface area contributed by atoms with Crippen LogP contribution in [0.5, 0.6) is 0 Å². The van der Waals surface area contributed by atoms with Gasteiger partial charge in [-0.25, -0.2) is 9.97 Å². The van der Waals surface area contributed by atoms with Crippen LogP contribution in [0.25, 0.3) is 0 Å². The van der Waals surface area contributed by atoms with Gasteiger partial charge in [-0.2, -0.15) is 0 Å². The van der Waals surface area contributed by atoms with Gasteiger partial charge in [0.15, 0.2) is 5.16 Å². The average molecular weight is 313 g/mol. The van der Waals surface area contributed by atoms with E-state index in [0.717, 1.165) is 12.4 Å². The number of thioether (sulfide) groups is 1. The Morgan fingerprint density at radius 3 is 2.76 bits per heavy atom. The lowest BCUT2D eigenvalue weighted by atomic mass is 10.3. The van der Waals surface area contributed by atoms with Crippen LogP contribution in [0.2, 0.25) is 0 Å². The van der Waals surface area contributed by atoms with Gasteiger partial charge in [0, 0.05) is 26.3 Å². The van der Waals surface area contributed by atoms with Gasteiger partial charge in [-0.1, -0.05) is 11.8 Å². The summed E-state index contributed by atoms with van der Waals surface area (Å²) < 4.78 is 4.90. The Labute approximate surface area is 129 Å². The molecule has 0 radical (unpaired) electrons. The van der Waals surface area contributed by atoms with Gasteiger partial charge in [0.1, 0.15) is 17.7 Å². The molecule has 0 aliphatic carbocycles. The van der Waals surface area contributed by atoms with Crippen LogP contribution in [0.3, 0.4) is 0 Å². The normalized spacial score (nSPS) is 11.8. The highest BCUT2D eigenvalue weighted by molar-refractivity contribution is 7.98. The number of hydrogen-bond acceptors (Lipinski definition) is 7. The topological polar surface area (TPSA) is 88.2 Å². The molecule has 0 fully saturated rings. The van der Waals surface area contributed by atoms with Crippen LogP contribution in [0.15, 0.2) is 11.2 Å². The molecule has 1 heterocycles. The molecule has 0 saturated heterocycles. The molecule has 1 unspecified atom stereocenters. The summed E-state index contributed by atoms with van der Waals surface area (Å²) in [5.74, 6) is 1.27. The average Bonchev–Trinajstić information content (AvgIpc) is 2.47. The smallest absolute Gasteiger partial charge is 0.242 e. The van der Waals surface area contributed by atoms with E-state index >= 15 is 0 Å². The summed E-state index contributed by atoms with van der Waals surface area (Å²) in [6, 6.07) is 1.41. The molecular formula is C13H23N5O2S. The first-order chi connectivity index (χ1) is 10.1. The minimum atomic E-state index is -0.388. The van der Waals surface area contributed by atoms with Crippen molar-refractivity contribution in [3.05, 3.63) is 6.07 Å². The first-order valence-corrected chi connectivity index (χ1v) is 8.03. The van der Waals surface area contributed by atoms with Crippen LogP contribution in [-0.4, -0.2) is 55.0 Å². The van der Waals surface area contributed by atoms with E-state index in [1.807, 2.05) is 13.2 Å². The standard InChI is InChI=1S/C13H23N5O2S/c1-5-14-10-8-11(18-13(17-10)21-4)16-9(2)12(19)15-6-7-20-3/h8-9H,5-7H2,1-4H3,(H,15,19)(H2,14,16,17,18). The molecule has 0 aliphatic heterocycles. The van der Waals surface area contributed by atoms with Crippen LogP contribution >= 0.6 is 11.8 Å². The van der Waals surface area contributed by atoms with Crippen molar-refractivity contribution in [3.63, 3.8) is 0 Å². The van der Waals surface area contributed by atoms with E-state index in [2.05, 4.69) is 25.9 Å². The molecule has 1 rings (SSSR count). The maximum atomic E-state index is 11.9. The molecule has 1 aromatic rings. The van der Waals surface area contributed by atoms with E-state index in [9.17, 15) is 4.79 Å². The number of carbonyl (C=O) groups is 1. The number of ether oxygens (including phenoxy) is 1. The van der Waals surface area contributed by atoms with Crippen molar-refractivity contribution in [3.8, 4) is 0 Å². The van der Waals surface area contributed by atoms with E-state index in [0.29, 0.717) is 24.1 Å². The largest absolute Gasteiger partial charge is 0.383 e. The van der Waals surface area contributed by atoms with E-state index in [1.54, 1.807) is 20.1 Å². The van der Waals surface area contributed by atoms with Crippen LogP contribution in [-0.2, 0) is 9.53 Å². The Morgan fingerprint density at radius 1 is 1.43 bits per heavy atom. The van der Waals surface area contributed by atoms with E-state index in [1.165, 1.54) is 11.8 Å². The van der Waals surface area contributed by atoms with Crippen molar-refractivity contribution >= 4 is 29.3 Å². The van der Waals surface area contributed by atoms with Gasteiger partial charge in [-0.15, -0.1) is 0 Å². The second-order valence-electron chi connectivity index (χ2n) is 4.31. The monoisotopic (exact) mass is 313 g/mol. The number of carbonyl (C=O) groups excluding carboxylic acids is 1. The first kappa shape index (κ1) is 17.5. The Hall–Kier alpha value is -1.54. The number of nitrogens with zero attached hydrogens (tertiary/aromatic N) is 2. The summed E-state index contributed by atoms with van der Waals surface area (Å²) >= 11 is 1.46. The molecule has 118 valence electrons. The SMILES string of the molecule is CCNc1cc(NC(C)C(=O)NCCOC)nc(SC)n1. The number of rotatable bonds is 9. The highest BCUT2D eigenvalue weighted by Gasteiger charge is 2.13. The molecular weight excluding hydrogens is 290 g/mol. The third-order valence-electron chi connectivity index (χ3n) is 2.61. The number of nitrogens with one attached hydrogen (secondary N) is 3. The molecule has 7 nitrogen and oxygen atoms in total. The van der Waals surface area contributed by atoms with Crippen LogP contribution in [0.4, 0.5) is 11.6 Å². The second-order valence-corrected chi connectivity index (χ2v) is 5.08. The molecule has 1 amide bonds. The highest BCUT2D eigenvalue weighted by atomic mass is 32.2. The molecule has 0 aromatic carbocycles. The number of amides is 1. The number of anilines is 2. The predicted molar refractivity (Wildman–Crippen MR) is 85.9 cm³/mol. The summed E-state index contributed by atoms with van der Waals surface area (Å²) in [6.45, 7) is 5.55. The maximum absolute atomic E-state index is 11.9. The van der Waals surface area contributed by atoms with Gasteiger partial charge < -0.3 is 20.7 Å². The van der Waals surface area contributed by atoms with Crippen LogP contribution in [0.1, 0.15) is 13.8 Å². The molecule has 0 saturated carbocycles. The molecule has 1 atom stereocenters.